The molecule has 0 radical (unpaired) electrons. The lowest BCUT2D eigenvalue weighted by Gasteiger charge is -2.25. The second-order valence-corrected chi connectivity index (χ2v) is 6.87. The molecule has 2 atom stereocenters. The molecule has 1 rings (SSSR count). The first-order valence-electron chi connectivity index (χ1n) is 6.67. The molecule has 0 aliphatic rings. The van der Waals surface area contributed by atoms with Crippen molar-refractivity contribution in [2.75, 3.05) is 25.6 Å². The van der Waals surface area contributed by atoms with Crippen LogP contribution in [0.15, 0.2) is 28.7 Å². The number of hydrogen-bond donors (Lipinski definition) is 1. The van der Waals surface area contributed by atoms with E-state index in [0.29, 0.717) is 6.04 Å². The highest BCUT2D eigenvalue weighted by Crippen LogP contribution is 2.21. The van der Waals surface area contributed by atoms with E-state index in [1.807, 2.05) is 36.0 Å². The van der Waals surface area contributed by atoms with Crippen LogP contribution in [-0.2, 0) is 0 Å². The molecule has 0 fully saturated rings. The lowest BCUT2D eigenvalue weighted by molar-refractivity contribution is 0.138. The molecule has 2 nitrogen and oxygen atoms in total. The zero-order valence-electron chi connectivity index (χ0n) is 12.0. The molecule has 0 amide bonds. The van der Waals surface area contributed by atoms with Crippen molar-refractivity contribution in [3.8, 4) is 0 Å². The van der Waals surface area contributed by atoms with E-state index in [1.165, 1.54) is 12.2 Å². The summed E-state index contributed by atoms with van der Waals surface area (Å²) in [5.74, 6) is 1.19. The highest BCUT2D eigenvalue weighted by Gasteiger charge is 2.12. The lowest BCUT2D eigenvalue weighted by Crippen LogP contribution is -2.31. The Morgan fingerprint density at radius 2 is 2.11 bits per heavy atom. The van der Waals surface area contributed by atoms with Crippen LogP contribution in [0.25, 0.3) is 0 Å². The fraction of sp³-hybridized carbons (Fsp3) is 0.600. The quantitative estimate of drug-likeness (QED) is 0.771. The van der Waals surface area contributed by atoms with Gasteiger partial charge in [0.1, 0.15) is 0 Å². The molecule has 1 N–H and O–H groups in total. The predicted octanol–water partition coefficient (Wildman–Crippen LogP) is 3.95. The maximum absolute atomic E-state index is 10.2. The Hall–Kier alpha value is -0.0300. The molecule has 108 valence electrons. The van der Waals surface area contributed by atoms with Crippen molar-refractivity contribution in [1.82, 2.24) is 4.90 Å². The first-order chi connectivity index (χ1) is 9.04. The van der Waals surface area contributed by atoms with Crippen LogP contribution in [-0.4, -0.2) is 41.6 Å². The number of rotatable bonds is 8. The molecule has 1 aromatic carbocycles. The van der Waals surface area contributed by atoms with Gasteiger partial charge in [-0.3, -0.25) is 0 Å². The summed E-state index contributed by atoms with van der Waals surface area (Å²) in [6.45, 7) is 3.17. The van der Waals surface area contributed by atoms with Gasteiger partial charge in [-0.25, -0.2) is 0 Å². The average molecular weight is 346 g/mol. The van der Waals surface area contributed by atoms with Crippen LogP contribution in [0.1, 0.15) is 31.4 Å². The summed E-state index contributed by atoms with van der Waals surface area (Å²) in [4.78, 5) is 2.33. The summed E-state index contributed by atoms with van der Waals surface area (Å²) in [5, 5.41) is 10.2. The minimum Gasteiger partial charge on any atom is -0.388 e. The molecule has 19 heavy (non-hydrogen) atoms. The molecular weight excluding hydrogens is 322 g/mol. The summed E-state index contributed by atoms with van der Waals surface area (Å²) in [6, 6.07) is 8.48. The first kappa shape index (κ1) is 17.0. The van der Waals surface area contributed by atoms with E-state index in [4.69, 9.17) is 0 Å². The predicted molar refractivity (Wildman–Crippen MR) is 88.8 cm³/mol. The molecule has 0 heterocycles. The third kappa shape index (κ3) is 6.30. The van der Waals surface area contributed by atoms with Gasteiger partial charge in [0, 0.05) is 17.1 Å². The van der Waals surface area contributed by atoms with Crippen molar-refractivity contribution in [3.63, 3.8) is 0 Å². The smallest absolute Gasteiger partial charge is 0.0802 e. The molecule has 0 spiro atoms. The van der Waals surface area contributed by atoms with Crippen molar-refractivity contribution >= 4 is 27.7 Å². The van der Waals surface area contributed by atoms with Gasteiger partial charge in [0.05, 0.1) is 6.10 Å². The Morgan fingerprint density at radius 3 is 2.74 bits per heavy atom. The zero-order chi connectivity index (χ0) is 14.3. The number of halogens is 1. The molecule has 0 aromatic heterocycles. The van der Waals surface area contributed by atoms with Gasteiger partial charge in [-0.2, -0.15) is 11.8 Å². The molecule has 1 aromatic rings. The third-order valence-electron chi connectivity index (χ3n) is 3.48. The van der Waals surface area contributed by atoms with Crippen LogP contribution in [0.3, 0.4) is 0 Å². The summed E-state index contributed by atoms with van der Waals surface area (Å²) in [7, 11) is 2.14. The van der Waals surface area contributed by atoms with Crippen molar-refractivity contribution in [1.29, 1.82) is 0 Å². The van der Waals surface area contributed by atoms with Gasteiger partial charge < -0.3 is 10.0 Å². The molecule has 0 aliphatic heterocycles. The monoisotopic (exact) mass is 345 g/mol. The lowest BCUT2D eigenvalue weighted by atomic mass is 10.1. The molecular formula is C15H24BrNOS. The second-order valence-electron chi connectivity index (χ2n) is 4.97. The Kier molecular flexibility index (Phi) is 8.07. The highest BCUT2D eigenvalue weighted by molar-refractivity contribution is 9.10. The SMILES string of the molecule is CSCCC(C)N(C)CCC(O)c1cccc(Br)c1. The van der Waals surface area contributed by atoms with E-state index in [1.54, 1.807) is 0 Å². The van der Waals surface area contributed by atoms with Crippen molar-refractivity contribution in [2.24, 2.45) is 0 Å². The minimum atomic E-state index is -0.382. The number of aliphatic hydroxyl groups is 1. The maximum Gasteiger partial charge on any atom is 0.0802 e. The zero-order valence-corrected chi connectivity index (χ0v) is 14.4. The first-order valence-corrected chi connectivity index (χ1v) is 8.86. The fourth-order valence-electron chi connectivity index (χ4n) is 1.94. The Morgan fingerprint density at radius 1 is 1.37 bits per heavy atom. The Bertz CT molecular complexity index is 375. The largest absolute Gasteiger partial charge is 0.388 e. The summed E-state index contributed by atoms with van der Waals surface area (Å²) >= 11 is 5.33. The van der Waals surface area contributed by atoms with Crippen LogP contribution in [0.5, 0.6) is 0 Å². The van der Waals surface area contributed by atoms with Gasteiger partial charge in [0.25, 0.3) is 0 Å². The molecule has 4 heteroatoms. The summed E-state index contributed by atoms with van der Waals surface area (Å²) in [6.07, 6.45) is 3.73. The number of nitrogens with zero attached hydrogens (tertiary/aromatic N) is 1. The average Bonchev–Trinajstić information content (AvgIpc) is 2.41. The van der Waals surface area contributed by atoms with E-state index in [2.05, 4.69) is 41.1 Å². The number of benzene rings is 1. The number of thioether (sulfide) groups is 1. The van der Waals surface area contributed by atoms with E-state index < -0.39 is 0 Å². The van der Waals surface area contributed by atoms with E-state index in [0.717, 1.165) is 23.0 Å². The van der Waals surface area contributed by atoms with Gasteiger partial charge >= 0.3 is 0 Å². The molecule has 0 aliphatic carbocycles. The highest BCUT2D eigenvalue weighted by atomic mass is 79.9. The summed E-state index contributed by atoms with van der Waals surface area (Å²) < 4.78 is 1.02. The van der Waals surface area contributed by atoms with Crippen LogP contribution in [0.2, 0.25) is 0 Å². The van der Waals surface area contributed by atoms with Crippen LogP contribution < -0.4 is 0 Å². The van der Waals surface area contributed by atoms with Crippen molar-refractivity contribution in [2.45, 2.75) is 31.9 Å². The van der Waals surface area contributed by atoms with Gasteiger partial charge in [-0.05, 0) is 56.5 Å². The molecule has 0 saturated heterocycles. The molecule has 2 unspecified atom stereocenters. The maximum atomic E-state index is 10.2. The fourth-order valence-corrected chi connectivity index (χ4v) is 2.93. The molecule has 0 saturated carbocycles. The van der Waals surface area contributed by atoms with Gasteiger partial charge in [0.15, 0.2) is 0 Å². The second kappa shape index (κ2) is 9.01. The standard InChI is InChI=1S/C15H24BrNOS/c1-12(8-10-19-3)17(2)9-7-15(18)13-5-4-6-14(16)11-13/h4-6,11-12,15,18H,7-10H2,1-3H3. The van der Waals surface area contributed by atoms with Crippen LogP contribution >= 0.6 is 27.7 Å². The van der Waals surface area contributed by atoms with Crippen LogP contribution in [0, 0.1) is 0 Å². The topological polar surface area (TPSA) is 23.5 Å². The summed E-state index contributed by atoms with van der Waals surface area (Å²) in [5.41, 5.74) is 0.986. The number of hydrogen-bond acceptors (Lipinski definition) is 3. The van der Waals surface area contributed by atoms with Crippen molar-refractivity contribution in [3.05, 3.63) is 34.3 Å². The normalized spacial score (nSPS) is 14.6. The molecule has 0 bridgehead atoms. The Labute approximate surface area is 129 Å². The van der Waals surface area contributed by atoms with E-state index in [9.17, 15) is 5.11 Å². The van der Waals surface area contributed by atoms with Gasteiger partial charge in [-0.15, -0.1) is 0 Å². The van der Waals surface area contributed by atoms with Gasteiger partial charge in [-0.1, -0.05) is 28.1 Å². The third-order valence-corrected chi connectivity index (χ3v) is 4.62. The number of aliphatic hydroxyl groups excluding tert-OH is 1. The van der Waals surface area contributed by atoms with Crippen molar-refractivity contribution < 1.29 is 5.11 Å². The van der Waals surface area contributed by atoms with E-state index >= 15 is 0 Å². The van der Waals surface area contributed by atoms with Crippen LogP contribution in [0.4, 0.5) is 0 Å². The van der Waals surface area contributed by atoms with Gasteiger partial charge in [0.2, 0.25) is 0 Å². The minimum absolute atomic E-state index is 0.382. The Balaban J connectivity index is 2.39. The van der Waals surface area contributed by atoms with E-state index in [-0.39, 0.29) is 6.10 Å².